The third-order valence-corrected chi connectivity index (χ3v) is 5.23. The Morgan fingerprint density at radius 2 is 1.90 bits per heavy atom. The molecule has 0 aliphatic carbocycles. The molecule has 0 radical (unpaired) electrons. The molecule has 1 atom stereocenters. The maximum Gasteiger partial charge on any atom is 0.249 e. The molecular weight excluding hydrogens is 373 g/mol. The molecule has 3 rings (SSSR count). The normalized spacial score (nSPS) is 16.4. The van der Waals surface area contributed by atoms with Crippen LogP contribution in [0.1, 0.15) is 38.1 Å². The average molecular weight is 401 g/mol. The molecular formula is C22H28FN3O3. The van der Waals surface area contributed by atoms with Gasteiger partial charge in [0.25, 0.3) is 0 Å². The lowest BCUT2D eigenvalue weighted by Gasteiger charge is -2.41. The summed E-state index contributed by atoms with van der Waals surface area (Å²) in [7, 11) is 1.45. The van der Waals surface area contributed by atoms with Crippen molar-refractivity contribution in [2.75, 3.05) is 26.8 Å². The summed E-state index contributed by atoms with van der Waals surface area (Å²) in [5.74, 6) is -0.825. The number of rotatable bonds is 5. The maximum atomic E-state index is 14.7. The Morgan fingerprint density at radius 3 is 2.55 bits per heavy atom. The van der Waals surface area contributed by atoms with E-state index in [4.69, 9.17) is 4.74 Å². The third kappa shape index (κ3) is 4.34. The van der Waals surface area contributed by atoms with Gasteiger partial charge in [0.1, 0.15) is 25.0 Å². The number of hydrogen-bond donors (Lipinski definition) is 0. The van der Waals surface area contributed by atoms with Gasteiger partial charge < -0.3 is 19.1 Å². The van der Waals surface area contributed by atoms with Crippen molar-refractivity contribution in [2.24, 2.45) is 0 Å². The molecule has 0 bridgehead atoms. The van der Waals surface area contributed by atoms with Gasteiger partial charge in [0, 0.05) is 43.2 Å². The quantitative estimate of drug-likeness (QED) is 0.774. The SMILES string of the molecule is COCC(=O)N(CC(=O)N1CCn2cccc2C1c1ccccc1F)C(C)(C)C. The van der Waals surface area contributed by atoms with E-state index in [2.05, 4.69) is 0 Å². The molecule has 2 amide bonds. The van der Waals surface area contributed by atoms with Crippen molar-refractivity contribution < 1.29 is 18.7 Å². The van der Waals surface area contributed by atoms with E-state index in [1.54, 1.807) is 23.1 Å². The number of ether oxygens (including phenoxy) is 1. The molecule has 1 aromatic heterocycles. The number of amides is 2. The summed E-state index contributed by atoms with van der Waals surface area (Å²) in [6.45, 7) is 6.52. The van der Waals surface area contributed by atoms with Gasteiger partial charge in [-0.1, -0.05) is 18.2 Å². The topological polar surface area (TPSA) is 54.8 Å². The molecule has 0 saturated heterocycles. The number of carbonyl (C=O) groups excluding carboxylic acids is 2. The number of halogens is 1. The Hall–Kier alpha value is -2.67. The van der Waals surface area contributed by atoms with Crippen LogP contribution >= 0.6 is 0 Å². The highest BCUT2D eigenvalue weighted by atomic mass is 19.1. The standard InChI is InChI=1S/C22H28FN3O3/c1-22(2,3)26(20(28)15-29-4)14-19(27)25-13-12-24-11-7-10-18(24)21(25)16-8-5-6-9-17(16)23/h5-11,21H,12-15H2,1-4H3. The van der Waals surface area contributed by atoms with Crippen LogP contribution < -0.4 is 0 Å². The summed E-state index contributed by atoms with van der Waals surface area (Å²) in [6, 6.07) is 9.80. The first-order valence-corrected chi connectivity index (χ1v) is 9.72. The second-order valence-corrected chi connectivity index (χ2v) is 8.22. The van der Waals surface area contributed by atoms with Gasteiger partial charge in [-0.05, 0) is 39.0 Å². The van der Waals surface area contributed by atoms with Gasteiger partial charge in [0.15, 0.2) is 0 Å². The van der Waals surface area contributed by atoms with E-state index >= 15 is 0 Å². The number of fused-ring (bicyclic) bond motifs is 1. The van der Waals surface area contributed by atoms with Gasteiger partial charge in [-0.25, -0.2) is 4.39 Å². The van der Waals surface area contributed by atoms with Crippen LogP contribution in [-0.2, 0) is 20.9 Å². The zero-order valence-electron chi connectivity index (χ0n) is 17.4. The fourth-order valence-electron chi connectivity index (χ4n) is 3.80. The Kier molecular flexibility index (Phi) is 6.07. The van der Waals surface area contributed by atoms with Crippen LogP contribution in [0.3, 0.4) is 0 Å². The maximum absolute atomic E-state index is 14.7. The molecule has 2 heterocycles. The number of benzene rings is 1. The Morgan fingerprint density at radius 1 is 1.17 bits per heavy atom. The fourth-order valence-corrected chi connectivity index (χ4v) is 3.80. The Balaban J connectivity index is 1.94. The molecule has 0 spiro atoms. The Labute approximate surface area is 170 Å². The van der Waals surface area contributed by atoms with E-state index in [9.17, 15) is 14.0 Å². The first kappa shape index (κ1) is 21.0. The van der Waals surface area contributed by atoms with Gasteiger partial charge in [-0.15, -0.1) is 0 Å². The van der Waals surface area contributed by atoms with E-state index in [1.165, 1.54) is 18.1 Å². The summed E-state index contributed by atoms with van der Waals surface area (Å²) >= 11 is 0. The van der Waals surface area contributed by atoms with Gasteiger partial charge in [0.05, 0.1) is 0 Å². The summed E-state index contributed by atoms with van der Waals surface area (Å²) in [5, 5.41) is 0. The van der Waals surface area contributed by atoms with Crippen molar-refractivity contribution in [3.05, 3.63) is 59.7 Å². The minimum Gasteiger partial charge on any atom is -0.375 e. The average Bonchev–Trinajstić information content (AvgIpc) is 3.13. The summed E-state index contributed by atoms with van der Waals surface area (Å²) in [4.78, 5) is 29.1. The Bertz CT molecular complexity index is 887. The second-order valence-electron chi connectivity index (χ2n) is 8.22. The number of nitrogens with zero attached hydrogens (tertiary/aromatic N) is 3. The van der Waals surface area contributed by atoms with Gasteiger partial charge in [0.2, 0.25) is 11.8 Å². The lowest BCUT2D eigenvalue weighted by atomic mass is 9.98. The molecule has 7 heteroatoms. The van der Waals surface area contributed by atoms with Crippen molar-refractivity contribution in [1.29, 1.82) is 0 Å². The summed E-state index contributed by atoms with van der Waals surface area (Å²) in [6.07, 6.45) is 1.94. The largest absolute Gasteiger partial charge is 0.375 e. The number of methoxy groups -OCH3 is 1. The first-order chi connectivity index (χ1) is 13.7. The van der Waals surface area contributed by atoms with Crippen LogP contribution in [0, 0.1) is 5.82 Å². The van der Waals surface area contributed by atoms with Crippen LogP contribution in [0.25, 0.3) is 0 Å². The van der Waals surface area contributed by atoms with Gasteiger partial charge >= 0.3 is 0 Å². The number of carbonyl (C=O) groups is 2. The highest BCUT2D eigenvalue weighted by Crippen LogP contribution is 2.34. The molecule has 1 aromatic carbocycles. The molecule has 0 fully saturated rings. The minimum absolute atomic E-state index is 0.0860. The van der Waals surface area contributed by atoms with E-state index in [-0.39, 0.29) is 30.8 Å². The molecule has 1 unspecified atom stereocenters. The summed E-state index contributed by atoms with van der Waals surface area (Å²) in [5.41, 5.74) is 0.764. The smallest absolute Gasteiger partial charge is 0.249 e. The molecule has 156 valence electrons. The first-order valence-electron chi connectivity index (χ1n) is 9.72. The third-order valence-electron chi connectivity index (χ3n) is 5.23. The van der Waals surface area contributed by atoms with Crippen LogP contribution in [0.15, 0.2) is 42.6 Å². The number of aromatic nitrogens is 1. The predicted octanol–water partition coefficient (Wildman–Crippen LogP) is 2.83. The fraction of sp³-hybridized carbons (Fsp3) is 0.455. The molecule has 2 aromatic rings. The van der Waals surface area contributed by atoms with Gasteiger partial charge in [-0.3, -0.25) is 9.59 Å². The molecule has 29 heavy (non-hydrogen) atoms. The molecule has 0 saturated carbocycles. The van der Waals surface area contributed by atoms with E-state index in [0.717, 1.165) is 5.69 Å². The van der Waals surface area contributed by atoms with Crippen molar-refractivity contribution in [3.63, 3.8) is 0 Å². The van der Waals surface area contributed by atoms with Crippen molar-refractivity contribution >= 4 is 11.8 Å². The van der Waals surface area contributed by atoms with Crippen LogP contribution in [0.2, 0.25) is 0 Å². The highest BCUT2D eigenvalue weighted by Gasteiger charge is 2.36. The highest BCUT2D eigenvalue weighted by molar-refractivity contribution is 5.86. The molecule has 0 N–H and O–H groups in total. The van der Waals surface area contributed by atoms with E-state index in [1.807, 2.05) is 43.7 Å². The number of hydrogen-bond acceptors (Lipinski definition) is 3. The predicted molar refractivity (Wildman–Crippen MR) is 108 cm³/mol. The van der Waals surface area contributed by atoms with Crippen LogP contribution in [-0.4, -0.2) is 58.5 Å². The van der Waals surface area contributed by atoms with E-state index in [0.29, 0.717) is 18.7 Å². The van der Waals surface area contributed by atoms with E-state index < -0.39 is 11.6 Å². The van der Waals surface area contributed by atoms with Crippen molar-refractivity contribution in [1.82, 2.24) is 14.4 Å². The second kappa shape index (κ2) is 8.37. The summed E-state index contributed by atoms with van der Waals surface area (Å²) < 4.78 is 21.7. The monoisotopic (exact) mass is 401 g/mol. The van der Waals surface area contributed by atoms with Crippen molar-refractivity contribution in [2.45, 2.75) is 38.9 Å². The zero-order valence-corrected chi connectivity index (χ0v) is 17.4. The van der Waals surface area contributed by atoms with Crippen LogP contribution in [0.5, 0.6) is 0 Å². The lowest BCUT2D eigenvalue weighted by molar-refractivity contribution is -0.148. The van der Waals surface area contributed by atoms with Crippen molar-refractivity contribution in [3.8, 4) is 0 Å². The molecule has 1 aliphatic heterocycles. The minimum atomic E-state index is -0.547. The lowest BCUT2D eigenvalue weighted by Crippen LogP contribution is -2.54. The van der Waals surface area contributed by atoms with Gasteiger partial charge in [-0.2, -0.15) is 0 Å². The molecule has 6 nitrogen and oxygen atoms in total. The molecule has 1 aliphatic rings. The zero-order chi connectivity index (χ0) is 21.2. The van der Waals surface area contributed by atoms with Crippen LogP contribution in [0.4, 0.5) is 4.39 Å².